The Bertz CT molecular complexity index is 1120. The van der Waals surface area contributed by atoms with Crippen LogP contribution in [0.5, 0.6) is 0 Å². The van der Waals surface area contributed by atoms with E-state index in [0.29, 0.717) is 12.1 Å². The summed E-state index contributed by atoms with van der Waals surface area (Å²) in [7, 11) is 4.16. The Balaban J connectivity index is 1.71. The van der Waals surface area contributed by atoms with Crippen molar-refractivity contribution >= 4 is 33.2 Å². The van der Waals surface area contributed by atoms with Crippen LogP contribution in [0.15, 0.2) is 48.5 Å². The molecular weight excluding hydrogens is 440 g/mol. The lowest BCUT2D eigenvalue weighted by atomic mass is 9.95. The zero-order valence-corrected chi connectivity index (χ0v) is 20.8. The molecule has 8 nitrogen and oxygen atoms in total. The number of anilines is 2. The summed E-state index contributed by atoms with van der Waals surface area (Å²) in [6, 6.07) is 14.2. The highest BCUT2D eigenvalue weighted by Crippen LogP contribution is 2.35. The van der Waals surface area contributed by atoms with Gasteiger partial charge in [-0.2, -0.15) is 0 Å². The Morgan fingerprint density at radius 1 is 1.03 bits per heavy atom. The summed E-state index contributed by atoms with van der Waals surface area (Å²) in [5.41, 5.74) is 1.85. The summed E-state index contributed by atoms with van der Waals surface area (Å²) in [6.45, 7) is 3.63. The minimum absolute atomic E-state index is 0.0148. The van der Waals surface area contributed by atoms with E-state index in [1.165, 1.54) is 24.3 Å². The Labute approximate surface area is 196 Å². The lowest BCUT2D eigenvalue weighted by Crippen LogP contribution is -2.35. The third kappa shape index (κ3) is 5.20. The van der Waals surface area contributed by atoms with Gasteiger partial charge in [0.15, 0.2) is 0 Å². The van der Waals surface area contributed by atoms with Crippen molar-refractivity contribution in [2.24, 2.45) is 5.41 Å². The van der Waals surface area contributed by atoms with E-state index in [1.54, 1.807) is 13.8 Å². The Morgan fingerprint density at radius 2 is 1.61 bits per heavy atom. The molecule has 2 aromatic carbocycles. The van der Waals surface area contributed by atoms with Gasteiger partial charge in [-0.3, -0.25) is 9.59 Å². The number of carbonyl (C=O) groups excluding carboxylic acids is 2. The molecule has 1 atom stereocenters. The van der Waals surface area contributed by atoms with Crippen molar-refractivity contribution in [3.05, 3.63) is 59.7 Å². The van der Waals surface area contributed by atoms with Gasteiger partial charge in [-0.15, -0.1) is 0 Å². The number of carbonyl (C=O) groups is 2. The first-order chi connectivity index (χ1) is 15.3. The number of amides is 2. The van der Waals surface area contributed by atoms with Gasteiger partial charge < -0.3 is 15.1 Å². The first kappa shape index (κ1) is 24.7. The van der Waals surface area contributed by atoms with Gasteiger partial charge in [-0.25, -0.2) is 12.7 Å². The highest BCUT2D eigenvalue weighted by molar-refractivity contribution is 7.94. The Morgan fingerprint density at radius 3 is 2.06 bits per heavy atom. The minimum Gasteiger partial charge on any atom is -0.378 e. The van der Waals surface area contributed by atoms with Crippen LogP contribution >= 0.6 is 0 Å². The number of sulfonamides is 1. The van der Waals surface area contributed by atoms with Crippen LogP contribution in [0, 0.1) is 5.41 Å². The second-order valence-electron chi connectivity index (χ2n) is 9.43. The summed E-state index contributed by atoms with van der Waals surface area (Å²) >= 11 is 0. The van der Waals surface area contributed by atoms with Crippen molar-refractivity contribution in [3.8, 4) is 0 Å². The maximum absolute atomic E-state index is 12.7. The summed E-state index contributed by atoms with van der Waals surface area (Å²) in [5, 5.41) is 2.95. The second-order valence-corrected chi connectivity index (χ2v) is 11.2. The monoisotopic (exact) mass is 472 g/mol. The molecule has 178 valence electrons. The van der Waals surface area contributed by atoms with E-state index >= 15 is 0 Å². The molecule has 2 aromatic rings. The number of benzene rings is 2. The Hall–Kier alpha value is -2.91. The molecule has 1 N–H and O–H groups in total. The van der Waals surface area contributed by atoms with E-state index in [2.05, 4.69) is 17.4 Å². The third-order valence-corrected chi connectivity index (χ3v) is 7.84. The predicted octanol–water partition coefficient (Wildman–Crippen LogP) is 2.49. The van der Waals surface area contributed by atoms with Gasteiger partial charge in [-0.1, -0.05) is 12.1 Å². The van der Waals surface area contributed by atoms with Crippen LogP contribution in [-0.4, -0.2) is 65.6 Å². The molecule has 1 aliphatic rings. The second kappa shape index (κ2) is 9.15. The molecule has 3 rings (SSSR count). The number of nitrogens with zero attached hydrogens (tertiary/aromatic N) is 3. The molecule has 9 heteroatoms. The molecule has 1 aliphatic heterocycles. The minimum atomic E-state index is -3.73. The largest absolute Gasteiger partial charge is 0.378 e. The molecule has 0 spiro atoms. The molecule has 1 unspecified atom stereocenters. The fourth-order valence-corrected chi connectivity index (χ4v) is 6.00. The SMILES string of the molecule is CN(C)c1ccc(C(CNC(=O)c2ccc(N3C(=O)C(C)(C)CS3(=O)=O)cc2)N(C)C)cc1. The number of hydrogen-bond acceptors (Lipinski definition) is 6. The molecule has 0 aromatic heterocycles. The van der Waals surface area contributed by atoms with Gasteiger partial charge >= 0.3 is 0 Å². The first-order valence-corrected chi connectivity index (χ1v) is 12.3. The molecular formula is C24H32N4O4S. The van der Waals surface area contributed by atoms with Crippen molar-refractivity contribution in [2.45, 2.75) is 19.9 Å². The van der Waals surface area contributed by atoms with Gasteiger partial charge in [0.2, 0.25) is 15.9 Å². The lowest BCUT2D eigenvalue weighted by molar-refractivity contribution is -0.123. The van der Waals surface area contributed by atoms with Crippen molar-refractivity contribution in [1.82, 2.24) is 10.2 Å². The molecule has 1 saturated heterocycles. The molecule has 1 heterocycles. The van der Waals surface area contributed by atoms with E-state index in [-0.39, 0.29) is 23.4 Å². The lowest BCUT2D eigenvalue weighted by Gasteiger charge is -2.26. The fourth-order valence-electron chi connectivity index (χ4n) is 3.89. The summed E-state index contributed by atoms with van der Waals surface area (Å²) < 4.78 is 25.8. The fraction of sp³-hybridized carbons (Fsp3) is 0.417. The van der Waals surface area contributed by atoms with Crippen molar-refractivity contribution in [1.29, 1.82) is 0 Å². The van der Waals surface area contributed by atoms with Crippen LogP contribution in [0.4, 0.5) is 11.4 Å². The van der Waals surface area contributed by atoms with Crippen LogP contribution < -0.4 is 14.5 Å². The number of rotatable bonds is 7. The van der Waals surface area contributed by atoms with Crippen LogP contribution in [0.2, 0.25) is 0 Å². The Kier molecular flexibility index (Phi) is 6.85. The molecule has 0 saturated carbocycles. The van der Waals surface area contributed by atoms with Crippen LogP contribution in [0.3, 0.4) is 0 Å². The number of likely N-dealkylation sites (N-methyl/N-ethyl adjacent to an activating group) is 1. The van der Waals surface area contributed by atoms with Crippen LogP contribution in [0.25, 0.3) is 0 Å². The van der Waals surface area contributed by atoms with Gasteiger partial charge in [0.05, 0.1) is 22.9 Å². The van der Waals surface area contributed by atoms with Gasteiger partial charge in [-0.05, 0) is 69.9 Å². The summed E-state index contributed by atoms with van der Waals surface area (Å²) in [6.07, 6.45) is 0. The van der Waals surface area contributed by atoms with E-state index in [0.717, 1.165) is 15.6 Å². The van der Waals surface area contributed by atoms with Gasteiger partial charge in [0, 0.05) is 31.9 Å². The standard InChI is InChI=1S/C24H32N4O4S/c1-24(2)16-33(31,32)28(23(24)30)20-13-9-18(10-14-20)22(29)25-15-21(27(5)6)17-7-11-19(12-8-17)26(3)4/h7-14,21H,15-16H2,1-6H3,(H,25,29). The van der Waals surface area contributed by atoms with Crippen molar-refractivity contribution in [2.75, 3.05) is 49.7 Å². The average molecular weight is 473 g/mol. The highest BCUT2D eigenvalue weighted by Gasteiger charge is 2.49. The van der Waals surface area contributed by atoms with Gasteiger partial charge in [0.25, 0.3) is 5.91 Å². The zero-order valence-electron chi connectivity index (χ0n) is 20.0. The van der Waals surface area contributed by atoms with Crippen molar-refractivity contribution < 1.29 is 18.0 Å². The quantitative estimate of drug-likeness (QED) is 0.666. The molecule has 0 radical (unpaired) electrons. The predicted molar refractivity (Wildman–Crippen MR) is 131 cm³/mol. The summed E-state index contributed by atoms with van der Waals surface area (Å²) in [5.74, 6) is -0.967. The maximum atomic E-state index is 12.7. The third-order valence-electron chi connectivity index (χ3n) is 5.82. The number of hydrogen-bond donors (Lipinski definition) is 1. The van der Waals surface area contributed by atoms with E-state index in [4.69, 9.17) is 0 Å². The number of nitrogens with one attached hydrogen (secondary N) is 1. The smallest absolute Gasteiger partial charge is 0.251 e. The van der Waals surface area contributed by atoms with Crippen molar-refractivity contribution in [3.63, 3.8) is 0 Å². The first-order valence-electron chi connectivity index (χ1n) is 10.7. The average Bonchev–Trinajstić information content (AvgIpc) is 2.90. The van der Waals surface area contributed by atoms with E-state index in [9.17, 15) is 18.0 Å². The normalized spacial score (nSPS) is 17.8. The topological polar surface area (TPSA) is 90.0 Å². The molecule has 0 bridgehead atoms. The molecule has 2 amide bonds. The van der Waals surface area contributed by atoms with E-state index in [1.807, 2.05) is 50.1 Å². The maximum Gasteiger partial charge on any atom is 0.251 e. The molecule has 0 aliphatic carbocycles. The van der Waals surface area contributed by atoms with Crippen LogP contribution in [-0.2, 0) is 14.8 Å². The zero-order chi connectivity index (χ0) is 24.6. The van der Waals surface area contributed by atoms with E-state index < -0.39 is 21.3 Å². The van der Waals surface area contributed by atoms with Gasteiger partial charge in [0.1, 0.15) is 0 Å². The summed E-state index contributed by atoms with van der Waals surface area (Å²) in [4.78, 5) is 29.4. The van der Waals surface area contributed by atoms with Crippen LogP contribution in [0.1, 0.15) is 35.8 Å². The highest BCUT2D eigenvalue weighted by atomic mass is 32.2. The molecule has 33 heavy (non-hydrogen) atoms. The molecule has 1 fully saturated rings.